The Kier molecular flexibility index (Phi) is 2.45. The third kappa shape index (κ3) is 1.69. The molecule has 4 nitrogen and oxygen atoms in total. The Labute approximate surface area is 95.4 Å². The summed E-state index contributed by atoms with van der Waals surface area (Å²) in [6.45, 7) is 1.31. The Bertz CT molecular complexity index is 524. The Balaban J connectivity index is 2.55. The molecule has 6 heteroatoms. The predicted octanol–water partition coefficient (Wildman–Crippen LogP) is 2.49. The van der Waals surface area contributed by atoms with Gasteiger partial charge in [-0.2, -0.15) is 4.39 Å². The van der Waals surface area contributed by atoms with Gasteiger partial charge in [-0.05, 0) is 25.8 Å². The van der Waals surface area contributed by atoms with Crippen LogP contribution >= 0.6 is 0 Å². The highest BCUT2D eigenvalue weighted by Crippen LogP contribution is 2.50. The summed E-state index contributed by atoms with van der Waals surface area (Å²) in [4.78, 5) is 20.8. The zero-order valence-electron chi connectivity index (χ0n) is 9.00. The predicted molar refractivity (Wildman–Crippen MR) is 54.6 cm³/mol. The summed E-state index contributed by atoms with van der Waals surface area (Å²) < 4.78 is 27.0. The molecular weight excluding hydrogens is 232 g/mol. The Morgan fingerprint density at radius 1 is 1.35 bits per heavy atom. The van der Waals surface area contributed by atoms with E-state index in [-0.39, 0.29) is 11.3 Å². The second-order valence-corrected chi connectivity index (χ2v) is 4.18. The van der Waals surface area contributed by atoms with Crippen LogP contribution in [0.15, 0.2) is 12.1 Å². The molecule has 1 aliphatic rings. The van der Waals surface area contributed by atoms with Crippen molar-refractivity contribution < 1.29 is 18.5 Å². The van der Waals surface area contributed by atoms with E-state index in [0.29, 0.717) is 18.9 Å². The van der Waals surface area contributed by atoms with E-state index in [2.05, 4.69) is 0 Å². The quantitative estimate of drug-likeness (QED) is 0.603. The van der Waals surface area contributed by atoms with Crippen LogP contribution in [0.2, 0.25) is 0 Å². The van der Waals surface area contributed by atoms with Gasteiger partial charge in [0.2, 0.25) is 5.82 Å². The first-order chi connectivity index (χ1) is 7.88. The van der Waals surface area contributed by atoms with Gasteiger partial charge >= 0.3 is 5.69 Å². The Hall–Kier alpha value is -1.85. The fourth-order valence-electron chi connectivity index (χ4n) is 1.98. The molecule has 0 spiro atoms. The maximum atomic E-state index is 13.7. The van der Waals surface area contributed by atoms with Crippen LogP contribution < -0.4 is 0 Å². The molecule has 1 aromatic carbocycles. The topological polar surface area (TPSA) is 60.2 Å². The number of nitro benzene ring substituents is 1. The van der Waals surface area contributed by atoms with E-state index < -0.39 is 27.7 Å². The number of Topliss-reactive ketones (excluding diaryl/α,β-unsaturated/α-hetero) is 1. The highest BCUT2D eigenvalue weighted by Gasteiger charge is 2.51. The van der Waals surface area contributed by atoms with Crippen molar-refractivity contribution >= 4 is 11.5 Å². The van der Waals surface area contributed by atoms with Crippen molar-refractivity contribution in [1.29, 1.82) is 0 Å². The molecule has 0 heterocycles. The largest absolute Gasteiger partial charge is 0.307 e. The van der Waals surface area contributed by atoms with Crippen molar-refractivity contribution in [2.24, 2.45) is 0 Å². The van der Waals surface area contributed by atoms with E-state index in [4.69, 9.17) is 0 Å². The summed E-state index contributed by atoms with van der Waals surface area (Å²) in [5.74, 6) is -2.26. The zero-order chi connectivity index (χ0) is 12.8. The first kappa shape index (κ1) is 11.6. The number of nitrogens with zero attached hydrogens (tertiary/aromatic N) is 1. The number of benzene rings is 1. The summed E-state index contributed by atoms with van der Waals surface area (Å²) in [7, 11) is 0. The van der Waals surface area contributed by atoms with Crippen LogP contribution in [0, 0.1) is 21.7 Å². The minimum absolute atomic E-state index is 0.0758. The van der Waals surface area contributed by atoms with Crippen molar-refractivity contribution in [3.63, 3.8) is 0 Å². The van der Waals surface area contributed by atoms with E-state index >= 15 is 0 Å². The molecular formula is C11H9F2NO3. The normalized spacial score (nSPS) is 16.6. The van der Waals surface area contributed by atoms with Gasteiger partial charge in [-0.15, -0.1) is 0 Å². The lowest BCUT2D eigenvalue weighted by Gasteiger charge is -2.12. The smallest absolute Gasteiger partial charge is 0.299 e. The van der Waals surface area contributed by atoms with Gasteiger partial charge in [0.05, 0.1) is 16.4 Å². The van der Waals surface area contributed by atoms with Crippen LogP contribution in [-0.2, 0) is 10.2 Å². The summed E-state index contributed by atoms with van der Waals surface area (Å²) in [5, 5.41) is 10.4. The highest BCUT2D eigenvalue weighted by atomic mass is 19.1. The van der Waals surface area contributed by atoms with Crippen LogP contribution in [0.1, 0.15) is 25.3 Å². The molecule has 90 valence electrons. The lowest BCUT2D eigenvalue weighted by molar-refractivity contribution is -0.387. The van der Waals surface area contributed by atoms with Crippen molar-refractivity contribution in [2.75, 3.05) is 0 Å². The van der Waals surface area contributed by atoms with Crippen LogP contribution in [0.5, 0.6) is 0 Å². The average molecular weight is 241 g/mol. The molecule has 0 aliphatic heterocycles. The lowest BCUT2D eigenvalue weighted by Crippen LogP contribution is -2.19. The van der Waals surface area contributed by atoms with Crippen LogP contribution in [0.25, 0.3) is 0 Å². The van der Waals surface area contributed by atoms with E-state index in [0.717, 1.165) is 6.07 Å². The third-order valence-corrected chi connectivity index (χ3v) is 3.17. The molecule has 0 saturated heterocycles. The van der Waals surface area contributed by atoms with Gasteiger partial charge in [0.25, 0.3) is 0 Å². The zero-order valence-corrected chi connectivity index (χ0v) is 9.00. The molecule has 0 unspecified atom stereocenters. The molecule has 2 rings (SSSR count). The van der Waals surface area contributed by atoms with Gasteiger partial charge in [-0.1, -0.05) is 0 Å². The van der Waals surface area contributed by atoms with Gasteiger partial charge in [0.15, 0.2) is 0 Å². The Morgan fingerprint density at radius 2 is 1.94 bits per heavy atom. The fraction of sp³-hybridized carbons (Fsp3) is 0.364. The maximum Gasteiger partial charge on any atom is 0.307 e. The summed E-state index contributed by atoms with van der Waals surface area (Å²) in [6, 6.07) is 1.30. The fourth-order valence-corrected chi connectivity index (χ4v) is 1.98. The molecule has 0 bridgehead atoms. The standard InChI is InChI=1S/C11H9F2NO3/c1-6(15)11(2-3-11)7-4-9(13)10(14(16)17)5-8(7)12/h4-5H,2-3H2,1H3. The molecule has 0 amide bonds. The first-order valence-corrected chi connectivity index (χ1v) is 5.03. The van der Waals surface area contributed by atoms with E-state index in [9.17, 15) is 23.7 Å². The molecule has 0 aromatic heterocycles. The molecule has 0 radical (unpaired) electrons. The first-order valence-electron chi connectivity index (χ1n) is 5.03. The molecule has 0 atom stereocenters. The van der Waals surface area contributed by atoms with Gasteiger partial charge in [-0.3, -0.25) is 14.9 Å². The van der Waals surface area contributed by atoms with Crippen molar-refractivity contribution in [3.8, 4) is 0 Å². The van der Waals surface area contributed by atoms with Crippen LogP contribution in [-0.4, -0.2) is 10.7 Å². The monoisotopic (exact) mass is 241 g/mol. The van der Waals surface area contributed by atoms with Gasteiger partial charge in [0.1, 0.15) is 11.6 Å². The van der Waals surface area contributed by atoms with Crippen LogP contribution in [0.4, 0.5) is 14.5 Å². The maximum absolute atomic E-state index is 13.7. The summed E-state index contributed by atoms with van der Waals surface area (Å²) in [6.07, 6.45) is 0.910. The molecule has 0 N–H and O–H groups in total. The average Bonchev–Trinajstić information content (AvgIpc) is 3.01. The molecule has 1 aliphatic carbocycles. The third-order valence-electron chi connectivity index (χ3n) is 3.17. The molecule has 17 heavy (non-hydrogen) atoms. The number of hydrogen-bond donors (Lipinski definition) is 0. The lowest BCUT2D eigenvalue weighted by atomic mass is 9.91. The Morgan fingerprint density at radius 3 is 2.35 bits per heavy atom. The second-order valence-electron chi connectivity index (χ2n) is 4.18. The summed E-state index contributed by atoms with van der Waals surface area (Å²) >= 11 is 0. The number of carbonyl (C=O) groups is 1. The van der Waals surface area contributed by atoms with Gasteiger partial charge in [-0.25, -0.2) is 4.39 Å². The molecule has 1 aromatic rings. The van der Waals surface area contributed by atoms with E-state index in [1.807, 2.05) is 0 Å². The number of ketones is 1. The SMILES string of the molecule is CC(=O)C1(c2cc(F)c([N+](=O)[O-])cc2F)CC1. The van der Waals surface area contributed by atoms with E-state index in [1.54, 1.807) is 0 Å². The molecule has 1 fully saturated rings. The minimum Gasteiger partial charge on any atom is -0.299 e. The van der Waals surface area contributed by atoms with Crippen molar-refractivity contribution in [3.05, 3.63) is 39.4 Å². The second kappa shape index (κ2) is 3.58. The summed E-state index contributed by atoms with van der Waals surface area (Å²) in [5.41, 5.74) is -1.96. The van der Waals surface area contributed by atoms with Crippen molar-refractivity contribution in [2.45, 2.75) is 25.2 Å². The number of rotatable bonds is 3. The van der Waals surface area contributed by atoms with Crippen molar-refractivity contribution in [1.82, 2.24) is 0 Å². The van der Waals surface area contributed by atoms with E-state index in [1.165, 1.54) is 6.92 Å². The number of carbonyl (C=O) groups excluding carboxylic acids is 1. The minimum atomic E-state index is -1.11. The van der Waals surface area contributed by atoms with Crippen LogP contribution in [0.3, 0.4) is 0 Å². The number of nitro groups is 1. The van der Waals surface area contributed by atoms with Gasteiger partial charge < -0.3 is 0 Å². The van der Waals surface area contributed by atoms with Gasteiger partial charge in [0, 0.05) is 5.56 Å². The number of halogens is 2. The highest BCUT2D eigenvalue weighted by molar-refractivity contribution is 5.91. The molecule has 1 saturated carbocycles. The number of hydrogen-bond acceptors (Lipinski definition) is 3.